The molecule has 2 fully saturated rings. The number of morpholine rings is 1. The molecule has 2 unspecified atom stereocenters. The molecule has 0 N–H and O–H groups in total. The van der Waals surface area contributed by atoms with Gasteiger partial charge in [-0.15, -0.1) is 0 Å². The Labute approximate surface area is 165 Å². The molecule has 0 bridgehead atoms. The number of benzene rings is 1. The second kappa shape index (κ2) is 8.07. The van der Waals surface area contributed by atoms with E-state index in [1.165, 1.54) is 0 Å². The van der Waals surface area contributed by atoms with Gasteiger partial charge in [-0.1, -0.05) is 23.7 Å². The minimum absolute atomic E-state index is 0.0272. The number of nitrogens with zero attached hydrogens (tertiary/aromatic N) is 2. The van der Waals surface area contributed by atoms with Crippen molar-refractivity contribution in [2.24, 2.45) is 0 Å². The van der Waals surface area contributed by atoms with Crippen molar-refractivity contribution in [3.8, 4) is 0 Å². The monoisotopic (exact) mass is 394 g/mol. The minimum atomic E-state index is -0.577. The van der Waals surface area contributed by atoms with Gasteiger partial charge in [0.25, 0.3) is 0 Å². The van der Waals surface area contributed by atoms with Crippen LogP contribution in [-0.2, 0) is 14.3 Å². The lowest BCUT2D eigenvalue weighted by Gasteiger charge is -2.36. The summed E-state index contributed by atoms with van der Waals surface area (Å²) in [4.78, 5) is 29.0. The molecule has 3 rings (SSSR count). The van der Waals surface area contributed by atoms with E-state index in [1.54, 1.807) is 9.80 Å². The molecule has 2 amide bonds. The fourth-order valence-corrected chi connectivity index (χ4v) is 3.63. The number of carbonyl (C=O) groups excluding carboxylic acids is 2. The highest BCUT2D eigenvalue weighted by Crippen LogP contribution is 2.27. The van der Waals surface area contributed by atoms with E-state index in [1.807, 2.05) is 45.0 Å². The number of ether oxygens (including phenoxy) is 2. The smallest absolute Gasteiger partial charge is 0.410 e. The van der Waals surface area contributed by atoms with Crippen molar-refractivity contribution in [3.05, 3.63) is 34.9 Å². The van der Waals surface area contributed by atoms with Crippen LogP contribution in [0.3, 0.4) is 0 Å². The van der Waals surface area contributed by atoms with E-state index in [0.717, 1.165) is 12.0 Å². The first-order valence-electron chi connectivity index (χ1n) is 9.40. The van der Waals surface area contributed by atoms with Gasteiger partial charge in [0.05, 0.1) is 13.2 Å². The Kier molecular flexibility index (Phi) is 5.96. The molecule has 2 atom stereocenters. The van der Waals surface area contributed by atoms with Crippen LogP contribution in [0.15, 0.2) is 24.3 Å². The first-order chi connectivity index (χ1) is 12.7. The van der Waals surface area contributed by atoms with Crippen LogP contribution in [0.25, 0.3) is 0 Å². The van der Waals surface area contributed by atoms with Crippen LogP contribution in [-0.4, -0.2) is 59.7 Å². The number of hydrogen-bond acceptors (Lipinski definition) is 4. The molecule has 2 aliphatic rings. The van der Waals surface area contributed by atoms with E-state index >= 15 is 0 Å². The number of carbonyl (C=O) groups is 2. The zero-order chi connectivity index (χ0) is 19.6. The van der Waals surface area contributed by atoms with Crippen molar-refractivity contribution < 1.29 is 19.1 Å². The summed E-state index contributed by atoms with van der Waals surface area (Å²) >= 11 is 5.95. The van der Waals surface area contributed by atoms with E-state index < -0.39 is 17.7 Å². The van der Waals surface area contributed by atoms with Crippen LogP contribution in [0.5, 0.6) is 0 Å². The van der Waals surface area contributed by atoms with Crippen molar-refractivity contribution in [1.29, 1.82) is 0 Å². The van der Waals surface area contributed by atoms with Crippen LogP contribution < -0.4 is 0 Å². The molecule has 0 saturated carbocycles. The molecular formula is C20H27ClN2O4. The van der Waals surface area contributed by atoms with Crippen LogP contribution in [0.1, 0.15) is 45.3 Å². The Morgan fingerprint density at radius 3 is 2.56 bits per heavy atom. The number of rotatable bonds is 2. The lowest BCUT2D eigenvalue weighted by molar-refractivity contribution is -0.143. The number of amides is 2. The van der Waals surface area contributed by atoms with Gasteiger partial charge in [0.1, 0.15) is 17.7 Å². The second-order valence-corrected chi connectivity index (χ2v) is 8.46. The minimum Gasteiger partial charge on any atom is -0.444 e. The van der Waals surface area contributed by atoms with Gasteiger partial charge in [0.2, 0.25) is 5.91 Å². The largest absolute Gasteiger partial charge is 0.444 e. The van der Waals surface area contributed by atoms with Crippen LogP contribution in [0.2, 0.25) is 5.02 Å². The second-order valence-electron chi connectivity index (χ2n) is 8.03. The Bertz CT molecular complexity index is 686. The molecule has 2 heterocycles. The topological polar surface area (TPSA) is 59.1 Å². The Morgan fingerprint density at radius 2 is 1.89 bits per heavy atom. The summed E-state index contributed by atoms with van der Waals surface area (Å²) in [6, 6.07) is 7.03. The fraction of sp³-hybridized carbons (Fsp3) is 0.600. The van der Waals surface area contributed by atoms with Gasteiger partial charge in [-0.05, 0) is 51.3 Å². The van der Waals surface area contributed by atoms with Crippen molar-refractivity contribution in [3.63, 3.8) is 0 Å². The predicted octanol–water partition coefficient (Wildman–Crippen LogP) is 3.64. The first kappa shape index (κ1) is 20.0. The summed E-state index contributed by atoms with van der Waals surface area (Å²) in [5.74, 6) is -0.0272. The Balaban J connectivity index is 1.67. The highest BCUT2D eigenvalue weighted by atomic mass is 35.5. The molecule has 0 radical (unpaired) electrons. The summed E-state index contributed by atoms with van der Waals surface area (Å²) < 4.78 is 11.3. The van der Waals surface area contributed by atoms with E-state index in [9.17, 15) is 9.59 Å². The predicted molar refractivity (Wildman–Crippen MR) is 103 cm³/mol. The number of hydrogen-bond donors (Lipinski definition) is 0. The normalized spacial score (nSPS) is 23.4. The van der Waals surface area contributed by atoms with Gasteiger partial charge >= 0.3 is 6.09 Å². The van der Waals surface area contributed by atoms with Gasteiger partial charge in [-0.25, -0.2) is 4.79 Å². The SMILES string of the molecule is CC(C)(C)OC(=O)N1CCCC1C(=O)N1CCOC(c2ccc(Cl)cc2)C1. The van der Waals surface area contributed by atoms with Gasteiger partial charge in [-0.2, -0.15) is 0 Å². The average molecular weight is 395 g/mol. The molecule has 2 saturated heterocycles. The average Bonchev–Trinajstić information content (AvgIpc) is 3.10. The molecule has 2 aliphatic heterocycles. The highest BCUT2D eigenvalue weighted by Gasteiger charge is 2.39. The van der Waals surface area contributed by atoms with E-state index in [0.29, 0.717) is 37.7 Å². The van der Waals surface area contributed by atoms with Crippen molar-refractivity contribution in [2.45, 2.75) is 51.4 Å². The van der Waals surface area contributed by atoms with Gasteiger partial charge < -0.3 is 14.4 Å². The first-order valence-corrected chi connectivity index (χ1v) is 9.78. The lowest BCUT2D eigenvalue weighted by Crippen LogP contribution is -2.52. The van der Waals surface area contributed by atoms with Gasteiger partial charge in [0, 0.05) is 18.1 Å². The molecule has 1 aromatic carbocycles. The van der Waals surface area contributed by atoms with Crippen LogP contribution >= 0.6 is 11.6 Å². The highest BCUT2D eigenvalue weighted by molar-refractivity contribution is 6.30. The lowest BCUT2D eigenvalue weighted by atomic mass is 10.1. The summed E-state index contributed by atoms with van der Waals surface area (Å²) in [5, 5.41) is 0.668. The van der Waals surface area contributed by atoms with E-state index in [4.69, 9.17) is 21.1 Å². The molecule has 148 valence electrons. The quantitative estimate of drug-likeness (QED) is 0.768. The zero-order valence-corrected chi connectivity index (χ0v) is 16.9. The Hall–Kier alpha value is -1.79. The molecule has 7 heteroatoms. The molecule has 0 aromatic heterocycles. The molecule has 0 aliphatic carbocycles. The van der Waals surface area contributed by atoms with Gasteiger partial charge in [-0.3, -0.25) is 9.69 Å². The van der Waals surface area contributed by atoms with E-state index in [-0.39, 0.29) is 12.0 Å². The maximum atomic E-state index is 13.1. The number of halogens is 1. The van der Waals surface area contributed by atoms with E-state index in [2.05, 4.69) is 0 Å². The third-order valence-electron chi connectivity index (χ3n) is 4.79. The van der Waals surface area contributed by atoms with Crippen LogP contribution in [0.4, 0.5) is 4.79 Å². The zero-order valence-electron chi connectivity index (χ0n) is 16.1. The molecule has 0 spiro atoms. The summed E-state index contributed by atoms with van der Waals surface area (Å²) in [6.07, 6.45) is 0.874. The maximum absolute atomic E-state index is 13.1. The summed E-state index contributed by atoms with van der Waals surface area (Å²) in [5.41, 5.74) is 0.415. The molecule has 1 aromatic rings. The Morgan fingerprint density at radius 1 is 1.19 bits per heavy atom. The molecule has 27 heavy (non-hydrogen) atoms. The molecular weight excluding hydrogens is 368 g/mol. The van der Waals surface area contributed by atoms with Crippen LogP contribution in [0, 0.1) is 0 Å². The third-order valence-corrected chi connectivity index (χ3v) is 5.04. The fourth-order valence-electron chi connectivity index (χ4n) is 3.50. The summed E-state index contributed by atoms with van der Waals surface area (Å²) in [6.45, 7) is 7.51. The van der Waals surface area contributed by atoms with Gasteiger partial charge in [0.15, 0.2) is 0 Å². The standard InChI is InChI=1S/C20H27ClN2O4/c1-20(2,3)27-19(25)23-10-4-5-16(23)18(24)22-11-12-26-17(13-22)14-6-8-15(21)9-7-14/h6-9,16-17H,4-5,10-13H2,1-3H3. The summed E-state index contributed by atoms with van der Waals surface area (Å²) in [7, 11) is 0. The molecule has 6 nitrogen and oxygen atoms in total. The third kappa shape index (κ3) is 4.93. The van der Waals surface area contributed by atoms with Crippen molar-refractivity contribution in [1.82, 2.24) is 9.80 Å². The number of likely N-dealkylation sites (tertiary alicyclic amines) is 1. The van der Waals surface area contributed by atoms with Crippen molar-refractivity contribution in [2.75, 3.05) is 26.2 Å². The maximum Gasteiger partial charge on any atom is 0.410 e. The van der Waals surface area contributed by atoms with Crippen molar-refractivity contribution >= 4 is 23.6 Å².